The summed E-state index contributed by atoms with van der Waals surface area (Å²) in [5.74, 6) is 3.68. The summed E-state index contributed by atoms with van der Waals surface area (Å²) in [5, 5.41) is 0. The highest BCUT2D eigenvalue weighted by Gasteiger charge is 2.31. The molecule has 0 unspecified atom stereocenters. The van der Waals surface area contributed by atoms with Crippen molar-refractivity contribution in [3.63, 3.8) is 0 Å². The number of nitrogens with zero attached hydrogens (tertiary/aromatic N) is 1. The van der Waals surface area contributed by atoms with Crippen LogP contribution in [0.4, 0.5) is 0 Å². The highest BCUT2D eigenvalue weighted by molar-refractivity contribution is 7.99. The van der Waals surface area contributed by atoms with Gasteiger partial charge in [-0.2, -0.15) is 24.4 Å². The zero-order chi connectivity index (χ0) is 10.4. The van der Waals surface area contributed by atoms with Crippen LogP contribution in [0.15, 0.2) is 0 Å². The SMILES string of the molecule is CN(C)CCSCC1(CS)CCCC1. The summed E-state index contributed by atoms with van der Waals surface area (Å²) in [6, 6.07) is 0. The van der Waals surface area contributed by atoms with Crippen molar-refractivity contribution in [1.29, 1.82) is 0 Å². The Morgan fingerprint density at radius 2 is 1.93 bits per heavy atom. The van der Waals surface area contributed by atoms with E-state index in [0.29, 0.717) is 5.41 Å². The molecule has 0 amide bonds. The van der Waals surface area contributed by atoms with Crippen LogP contribution in [0.3, 0.4) is 0 Å². The molecular formula is C11H23NS2. The molecule has 0 heterocycles. The molecule has 0 spiro atoms. The molecule has 3 heteroatoms. The first kappa shape index (κ1) is 12.7. The van der Waals surface area contributed by atoms with Crippen LogP contribution < -0.4 is 0 Å². The lowest BCUT2D eigenvalue weighted by atomic mass is 9.91. The first-order chi connectivity index (χ1) is 6.68. The maximum absolute atomic E-state index is 4.52. The molecular weight excluding hydrogens is 210 g/mol. The van der Waals surface area contributed by atoms with Gasteiger partial charge in [-0.25, -0.2) is 0 Å². The van der Waals surface area contributed by atoms with E-state index in [1.807, 2.05) is 0 Å². The van der Waals surface area contributed by atoms with E-state index >= 15 is 0 Å². The minimum atomic E-state index is 0.583. The Hall–Kier alpha value is 0.660. The van der Waals surface area contributed by atoms with Crippen molar-refractivity contribution in [1.82, 2.24) is 4.90 Å². The van der Waals surface area contributed by atoms with E-state index in [4.69, 9.17) is 0 Å². The summed E-state index contributed by atoms with van der Waals surface area (Å²) < 4.78 is 0. The quantitative estimate of drug-likeness (QED) is 0.555. The molecule has 1 fully saturated rings. The fourth-order valence-electron chi connectivity index (χ4n) is 2.01. The minimum Gasteiger partial charge on any atom is -0.309 e. The second kappa shape index (κ2) is 6.29. The van der Waals surface area contributed by atoms with Crippen LogP contribution in [0.5, 0.6) is 0 Å². The van der Waals surface area contributed by atoms with E-state index < -0.39 is 0 Å². The van der Waals surface area contributed by atoms with E-state index in [1.165, 1.54) is 43.7 Å². The van der Waals surface area contributed by atoms with Crippen molar-refractivity contribution in [2.75, 3.05) is 37.9 Å². The monoisotopic (exact) mass is 233 g/mol. The molecule has 0 saturated heterocycles. The maximum atomic E-state index is 4.52. The Labute approximate surface area is 98.4 Å². The summed E-state index contributed by atoms with van der Waals surface area (Å²) in [5.41, 5.74) is 0.583. The summed E-state index contributed by atoms with van der Waals surface area (Å²) in [4.78, 5) is 2.26. The third kappa shape index (κ3) is 4.03. The van der Waals surface area contributed by atoms with Crippen molar-refractivity contribution in [2.24, 2.45) is 5.41 Å². The molecule has 0 aliphatic heterocycles. The van der Waals surface area contributed by atoms with Gasteiger partial charge in [-0.15, -0.1) is 0 Å². The van der Waals surface area contributed by atoms with Crippen LogP contribution in [-0.4, -0.2) is 42.8 Å². The average molecular weight is 233 g/mol. The van der Waals surface area contributed by atoms with E-state index in [9.17, 15) is 0 Å². The summed E-state index contributed by atoms with van der Waals surface area (Å²) in [6.07, 6.45) is 5.67. The number of thioether (sulfide) groups is 1. The Morgan fingerprint density at radius 3 is 2.43 bits per heavy atom. The molecule has 84 valence electrons. The van der Waals surface area contributed by atoms with Crippen molar-refractivity contribution in [2.45, 2.75) is 25.7 Å². The van der Waals surface area contributed by atoms with E-state index in [0.717, 1.165) is 5.75 Å². The predicted octanol–water partition coefficient (Wildman–Crippen LogP) is 2.77. The van der Waals surface area contributed by atoms with Gasteiger partial charge in [0.1, 0.15) is 0 Å². The maximum Gasteiger partial charge on any atom is 0.00662 e. The zero-order valence-corrected chi connectivity index (χ0v) is 11.2. The lowest BCUT2D eigenvalue weighted by Gasteiger charge is -2.26. The highest BCUT2D eigenvalue weighted by Crippen LogP contribution is 2.41. The molecule has 14 heavy (non-hydrogen) atoms. The molecule has 0 atom stereocenters. The van der Waals surface area contributed by atoms with Crippen molar-refractivity contribution in [3.8, 4) is 0 Å². The predicted molar refractivity (Wildman–Crippen MR) is 70.6 cm³/mol. The molecule has 0 radical (unpaired) electrons. The molecule has 1 saturated carbocycles. The number of hydrogen-bond donors (Lipinski definition) is 1. The van der Waals surface area contributed by atoms with Crippen LogP contribution in [0, 0.1) is 5.41 Å². The van der Waals surface area contributed by atoms with Crippen LogP contribution >= 0.6 is 24.4 Å². The molecule has 0 aromatic rings. The number of rotatable bonds is 6. The van der Waals surface area contributed by atoms with Gasteiger partial charge in [0, 0.05) is 12.3 Å². The lowest BCUT2D eigenvalue weighted by molar-refractivity contribution is 0.402. The van der Waals surface area contributed by atoms with Gasteiger partial charge in [0.2, 0.25) is 0 Å². The van der Waals surface area contributed by atoms with Crippen molar-refractivity contribution < 1.29 is 0 Å². The van der Waals surface area contributed by atoms with E-state index in [2.05, 4.69) is 43.4 Å². The highest BCUT2D eigenvalue weighted by atomic mass is 32.2. The second-order valence-corrected chi connectivity index (χ2v) is 6.14. The molecule has 0 aromatic heterocycles. The van der Waals surface area contributed by atoms with Crippen LogP contribution in [0.2, 0.25) is 0 Å². The average Bonchev–Trinajstić information content (AvgIpc) is 2.62. The molecule has 1 nitrogen and oxygen atoms in total. The minimum absolute atomic E-state index is 0.583. The fraction of sp³-hybridized carbons (Fsp3) is 1.00. The molecule has 0 N–H and O–H groups in total. The van der Waals surface area contributed by atoms with Crippen LogP contribution in [0.25, 0.3) is 0 Å². The van der Waals surface area contributed by atoms with E-state index in [1.54, 1.807) is 0 Å². The number of thiol groups is 1. The van der Waals surface area contributed by atoms with Gasteiger partial charge in [-0.3, -0.25) is 0 Å². The zero-order valence-electron chi connectivity index (χ0n) is 9.46. The van der Waals surface area contributed by atoms with Gasteiger partial charge in [0.15, 0.2) is 0 Å². The third-order valence-electron chi connectivity index (χ3n) is 3.09. The van der Waals surface area contributed by atoms with Gasteiger partial charge in [0.25, 0.3) is 0 Å². The Bertz CT molecular complexity index is 153. The Balaban J connectivity index is 2.15. The fourth-order valence-corrected chi connectivity index (χ4v) is 4.05. The summed E-state index contributed by atoms with van der Waals surface area (Å²) in [7, 11) is 4.29. The van der Waals surface area contributed by atoms with Gasteiger partial charge in [0.05, 0.1) is 0 Å². The first-order valence-electron chi connectivity index (χ1n) is 5.52. The van der Waals surface area contributed by atoms with E-state index in [-0.39, 0.29) is 0 Å². The molecule has 0 aromatic carbocycles. The molecule has 1 rings (SSSR count). The van der Waals surface area contributed by atoms with Gasteiger partial charge in [-0.1, -0.05) is 12.8 Å². The standard InChI is InChI=1S/C11H23NS2/c1-12(2)7-8-14-10-11(9-13)5-3-4-6-11/h13H,3-10H2,1-2H3. The number of hydrogen-bond acceptors (Lipinski definition) is 3. The second-order valence-electron chi connectivity index (χ2n) is 4.72. The molecule has 1 aliphatic rings. The smallest absolute Gasteiger partial charge is 0.00662 e. The Kier molecular flexibility index (Phi) is 5.72. The van der Waals surface area contributed by atoms with Crippen molar-refractivity contribution in [3.05, 3.63) is 0 Å². The van der Waals surface area contributed by atoms with Crippen molar-refractivity contribution >= 4 is 24.4 Å². The first-order valence-corrected chi connectivity index (χ1v) is 7.31. The van der Waals surface area contributed by atoms with Crippen LogP contribution in [0.1, 0.15) is 25.7 Å². The van der Waals surface area contributed by atoms with Gasteiger partial charge >= 0.3 is 0 Å². The third-order valence-corrected chi connectivity index (χ3v) is 5.05. The van der Waals surface area contributed by atoms with Gasteiger partial charge < -0.3 is 4.90 Å². The largest absolute Gasteiger partial charge is 0.309 e. The molecule has 0 bridgehead atoms. The van der Waals surface area contributed by atoms with Crippen LogP contribution in [-0.2, 0) is 0 Å². The normalized spacial score (nSPS) is 20.6. The topological polar surface area (TPSA) is 3.24 Å². The summed E-state index contributed by atoms with van der Waals surface area (Å²) >= 11 is 6.63. The lowest BCUT2D eigenvalue weighted by Crippen LogP contribution is -2.23. The van der Waals surface area contributed by atoms with Gasteiger partial charge in [-0.05, 0) is 43.9 Å². The summed E-state index contributed by atoms with van der Waals surface area (Å²) in [6.45, 7) is 1.20. The molecule has 1 aliphatic carbocycles. The Morgan fingerprint density at radius 1 is 1.29 bits per heavy atom.